The number of nitrogens with zero attached hydrogens (tertiary/aromatic N) is 1. The van der Waals surface area contributed by atoms with Crippen molar-refractivity contribution in [3.05, 3.63) is 63.9 Å². The van der Waals surface area contributed by atoms with Gasteiger partial charge in [0.2, 0.25) is 5.91 Å². The van der Waals surface area contributed by atoms with Crippen molar-refractivity contribution in [1.82, 2.24) is 0 Å². The average Bonchev–Trinajstić information content (AvgIpc) is 2.49. The van der Waals surface area contributed by atoms with E-state index in [0.717, 1.165) is 0 Å². The van der Waals surface area contributed by atoms with Crippen LogP contribution in [-0.2, 0) is 10.5 Å². The minimum atomic E-state index is -0.288. The summed E-state index contributed by atoms with van der Waals surface area (Å²) in [5.41, 5.74) is 1.63. The molecule has 0 spiro atoms. The van der Waals surface area contributed by atoms with Crippen LogP contribution in [0.5, 0.6) is 0 Å². The molecule has 6 heteroatoms. The maximum atomic E-state index is 13.6. The first-order chi connectivity index (χ1) is 10.6. The molecule has 22 heavy (non-hydrogen) atoms. The summed E-state index contributed by atoms with van der Waals surface area (Å²) >= 11 is 4.53. The maximum Gasteiger partial charge on any atom is 0.234 e. The molecule has 0 aliphatic heterocycles. The lowest BCUT2D eigenvalue weighted by atomic mass is 10.2. The summed E-state index contributed by atoms with van der Waals surface area (Å²) in [6.45, 7) is 0. The van der Waals surface area contributed by atoms with E-state index in [9.17, 15) is 9.18 Å². The number of anilines is 1. The molecule has 0 unspecified atom stereocenters. The van der Waals surface area contributed by atoms with Crippen molar-refractivity contribution in [1.29, 1.82) is 5.26 Å². The third-order valence-corrected chi connectivity index (χ3v) is 4.26. The van der Waals surface area contributed by atoms with Crippen molar-refractivity contribution in [3.63, 3.8) is 0 Å². The van der Waals surface area contributed by atoms with E-state index in [-0.39, 0.29) is 17.5 Å². The van der Waals surface area contributed by atoms with E-state index >= 15 is 0 Å². The highest BCUT2D eigenvalue weighted by Crippen LogP contribution is 2.20. The van der Waals surface area contributed by atoms with Crippen LogP contribution in [0.25, 0.3) is 0 Å². The first-order valence-electron chi connectivity index (χ1n) is 6.40. The highest BCUT2D eigenvalue weighted by molar-refractivity contribution is 9.10. The van der Waals surface area contributed by atoms with Crippen LogP contribution < -0.4 is 5.32 Å². The van der Waals surface area contributed by atoms with Gasteiger partial charge in [-0.25, -0.2) is 4.39 Å². The highest BCUT2D eigenvalue weighted by atomic mass is 79.9. The Bertz CT molecular complexity index is 730. The van der Waals surface area contributed by atoms with E-state index in [4.69, 9.17) is 5.26 Å². The maximum absolute atomic E-state index is 13.6. The lowest BCUT2D eigenvalue weighted by Gasteiger charge is -2.06. The topological polar surface area (TPSA) is 52.9 Å². The third-order valence-electron chi connectivity index (χ3n) is 2.78. The monoisotopic (exact) mass is 378 g/mol. The highest BCUT2D eigenvalue weighted by Gasteiger charge is 2.06. The minimum Gasteiger partial charge on any atom is -0.325 e. The molecule has 3 nitrogen and oxygen atoms in total. The summed E-state index contributed by atoms with van der Waals surface area (Å²) < 4.78 is 14.3. The fourth-order valence-electron chi connectivity index (χ4n) is 1.76. The number of amides is 1. The molecular weight excluding hydrogens is 367 g/mol. The van der Waals surface area contributed by atoms with Crippen molar-refractivity contribution in [3.8, 4) is 6.07 Å². The number of halogens is 2. The van der Waals surface area contributed by atoms with Crippen molar-refractivity contribution >= 4 is 39.3 Å². The number of rotatable bonds is 5. The quantitative estimate of drug-likeness (QED) is 0.841. The SMILES string of the molecule is N#Cc1cccc(NC(=O)CSCc2ccc(Br)cc2F)c1. The van der Waals surface area contributed by atoms with Gasteiger partial charge >= 0.3 is 0 Å². The molecule has 0 aromatic heterocycles. The van der Waals surface area contributed by atoms with Crippen LogP contribution in [-0.4, -0.2) is 11.7 Å². The summed E-state index contributed by atoms with van der Waals surface area (Å²) in [5.74, 6) is 0.165. The summed E-state index contributed by atoms with van der Waals surface area (Å²) in [6.07, 6.45) is 0. The lowest BCUT2D eigenvalue weighted by Crippen LogP contribution is -2.14. The second kappa shape index (κ2) is 7.97. The van der Waals surface area contributed by atoms with Crippen molar-refractivity contribution in [2.75, 3.05) is 11.1 Å². The van der Waals surface area contributed by atoms with E-state index in [1.165, 1.54) is 17.8 Å². The molecular formula is C16H12BrFN2OS. The zero-order valence-electron chi connectivity index (χ0n) is 11.5. The molecule has 0 atom stereocenters. The second-order valence-corrected chi connectivity index (χ2v) is 6.37. The average molecular weight is 379 g/mol. The predicted octanol–water partition coefficient (Wildman–Crippen LogP) is 4.33. The zero-order chi connectivity index (χ0) is 15.9. The molecule has 0 heterocycles. The van der Waals surface area contributed by atoms with E-state index in [2.05, 4.69) is 21.2 Å². The molecule has 112 valence electrons. The Morgan fingerprint density at radius 2 is 2.14 bits per heavy atom. The molecule has 0 bridgehead atoms. The number of nitriles is 1. The smallest absolute Gasteiger partial charge is 0.234 e. The van der Waals surface area contributed by atoms with Crippen molar-refractivity contribution in [2.24, 2.45) is 0 Å². The summed E-state index contributed by atoms with van der Waals surface area (Å²) in [4.78, 5) is 11.8. The Balaban J connectivity index is 1.84. The van der Waals surface area contributed by atoms with Gasteiger partial charge in [0, 0.05) is 15.9 Å². The van der Waals surface area contributed by atoms with Gasteiger partial charge in [0.1, 0.15) is 5.82 Å². The minimum absolute atomic E-state index is 0.183. The molecule has 0 saturated heterocycles. The first kappa shape index (κ1) is 16.5. The molecule has 2 aromatic carbocycles. The molecule has 0 aliphatic rings. The zero-order valence-corrected chi connectivity index (χ0v) is 13.9. The lowest BCUT2D eigenvalue weighted by molar-refractivity contribution is -0.113. The Hall–Kier alpha value is -1.84. The van der Waals surface area contributed by atoms with Crippen molar-refractivity contribution < 1.29 is 9.18 Å². The molecule has 0 radical (unpaired) electrons. The van der Waals surface area contributed by atoms with Crippen LogP contribution in [0.2, 0.25) is 0 Å². The summed E-state index contributed by atoms with van der Waals surface area (Å²) in [6, 6.07) is 13.6. The largest absolute Gasteiger partial charge is 0.325 e. The Morgan fingerprint density at radius 1 is 1.32 bits per heavy atom. The number of hydrogen-bond donors (Lipinski definition) is 1. The van der Waals surface area contributed by atoms with Crippen LogP contribution in [0.1, 0.15) is 11.1 Å². The van der Waals surface area contributed by atoms with Crippen LogP contribution in [0.15, 0.2) is 46.9 Å². The van der Waals surface area contributed by atoms with Gasteiger partial charge in [-0.3, -0.25) is 4.79 Å². The van der Waals surface area contributed by atoms with E-state index < -0.39 is 0 Å². The molecule has 2 rings (SSSR count). The molecule has 1 amide bonds. The Morgan fingerprint density at radius 3 is 2.86 bits per heavy atom. The summed E-state index contributed by atoms with van der Waals surface area (Å²) in [7, 11) is 0. The fourth-order valence-corrected chi connectivity index (χ4v) is 2.90. The number of thioether (sulfide) groups is 1. The number of carbonyl (C=O) groups excluding carboxylic acids is 1. The van der Waals surface area contributed by atoms with E-state index in [1.54, 1.807) is 36.4 Å². The number of benzene rings is 2. The Labute approximate surface area is 140 Å². The van der Waals surface area contributed by atoms with Crippen LogP contribution in [0.3, 0.4) is 0 Å². The molecule has 1 N–H and O–H groups in total. The van der Waals surface area contributed by atoms with Gasteiger partial charge in [0.25, 0.3) is 0 Å². The van der Waals surface area contributed by atoms with Gasteiger partial charge in [0.15, 0.2) is 0 Å². The van der Waals surface area contributed by atoms with Crippen molar-refractivity contribution in [2.45, 2.75) is 5.75 Å². The standard InChI is InChI=1S/C16H12BrFN2OS/c17-13-5-4-12(15(18)7-13)9-22-10-16(21)20-14-3-1-2-11(6-14)8-19/h1-7H,9-10H2,(H,20,21). The second-order valence-electron chi connectivity index (χ2n) is 4.47. The third kappa shape index (κ3) is 4.86. The molecule has 2 aromatic rings. The predicted molar refractivity (Wildman–Crippen MR) is 90.0 cm³/mol. The van der Waals surface area contributed by atoms with E-state index in [0.29, 0.717) is 27.0 Å². The number of carbonyl (C=O) groups is 1. The van der Waals surface area contributed by atoms with Crippen LogP contribution in [0.4, 0.5) is 10.1 Å². The number of hydrogen-bond acceptors (Lipinski definition) is 3. The summed E-state index contributed by atoms with van der Waals surface area (Å²) in [5, 5.41) is 11.5. The van der Waals surface area contributed by atoms with Crippen LogP contribution >= 0.6 is 27.7 Å². The number of nitrogens with one attached hydrogen (secondary N) is 1. The normalized spacial score (nSPS) is 10.0. The van der Waals surface area contributed by atoms with Gasteiger partial charge in [-0.15, -0.1) is 11.8 Å². The van der Waals surface area contributed by atoms with Gasteiger partial charge < -0.3 is 5.32 Å². The molecule has 0 aliphatic carbocycles. The fraction of sp³-hybridized carbons (Fsp3) is 0.125. The van der Waals surface area contributed by atoms with Gasteiger partial charge in [0.05, 0.1) is 17.4 Å². The van der Waals surface area contributed by atoms with E-state index in [1.807, 2.05) is 6.07 Å². The van der Waals surface area contributed by atoms with Gasteiger partial charge in [-0.05, 0) is 35.9 Å². The first-order valence-corrected chi connectivity index (χ1v) is 8.35. The van der Waals surface area contributed by atoms with Gasteiger partial charge in [-0.2, -0.15) is 5.26 Å². The van der Waals surface area contributed by atoms with Gasteiger partial charge in [-0.1, -0.05) is 28.1 Å². The molecule has 0 saturated carbocycles. The Kier molecular flexibility index (Phi) is 5.99. The van der Waals surface area contributed by atoms with Crippen LogP contribution in [0, 0.1) is 17.1 Å². The molecule has 0 fully saturated rings.